The molecule has 2 rings (SSSR count). The average molecular weight is 339 g/mol. The summed E-state index contributed by atoms with van der Waals surface area (Å²) in [6.45, 7) is 0. The van der Waals surface area contributed by atoms with E-state index in [9.17, 15) is 22.0 Å². The number of hydrogen-bond donors (Lipinski definition) is 1. The molecule has 0 saturated heterocycles. The third-order valence-corrected chi connectivity index (χ3v) is 2.79. The van der Waals surface area contributed by atoms with Crippen LogP contribution in [0.1, 0.15) is 0 Å². The molecule has 100 valence electrons. The van der Waals surface area contributed by atoms with E-state index < -0.39 is 35.0 Å². The van der Waals surface area contributed by atoms with Crippen LogP contribution in [0.5, 0.6) is 0 Å². The van der Waals surface area contributed by atoms with Crippen molar-refractivity contribution in [1.29, 1.82) is 0 Å². The summed E-state index contributed by atoms with van der Waals surface area (Å²) in [4.78, 5) is 2.41. The third-order valence-electron chi connectivity index (χ3n) is 2.19. The van der Waals surface area contributed by atoms with E-state index in [1.165, 1.54) is 0 Å². The lowest BCUT2D eigenvalue weighted by molar-refractivity contribution is 0.411. The van der Waals surface area contributed by atoms with E-state index in [1.54, 1.807) is 0 Å². The van der Waals surface area contributed by atoms with Crippen molar-refractivity contribution in [1.82, 2.24) is 4.98 Å². The van der Waals surface area contributed by atoms with Gasteiger partial charge in [-0.25, -0.2) is 4.39 Å². The monoisotopic (exact) mass is 338 g/mol. The maximum Gasteiger partial charge on any atom is 0.253 e. The normalized spacial score (nSPS) is 10.6. The Balaban J connectivity index is 2.46. The lowest BCUT2D eigenvalue weighted by atomic mass is 10.3. The van der Waals surface area contributed by atoms with Gasteiger partial charge >= 0.3 is 0 Å². The van der Waals surface area contributed by atoms with Crippen molar-refractivity contribution in [3.63, 3.8) is 0 Å². The summed E-state index contributed by atoms with van der Waals surface area (Å²) in [5.74, 6) is -7.48. The first-order valence-corrected chi connectivity index (χ1v) is 5.61. The van der Waals surface area contributed by atoms with Crippen molar-refractivity contribution >= 4 is 27.3 Å². The summed E-state index contributed by atoms with van der Waals surface area (Å²) in [7, 11) is 0. The fourth-order valence-electron chi connectivity index (χ4n) is 1.31. The van der Waals surface area contributed by atoms with Crippen LogP contribution >= 0.6 is 15.9 Å². The van der Waals surface area contributed by atoms with Crippen molar-refractivity contribution < 1.29 is 22.0 Å². The number of halogens is 6. The fraction of sp³-hybridized carbons (Fsp3) is 0. The fourth-order valence-corrected chi connectivity index (χ4v) is 1.69. The largest absolute Gasteiger partial charge is 0.350 e. The second-order valence-electron chi connectivity index (χ2n) is 3.45. The van der Waals surface area contributed by atoms with Crippen LogP contribution in [-0.4, -0.2) is 4.98 Å². The average Bonchev–Trinajstić information content (AvgIpc) is 2.36. The molecule has 0 spiro atoms. The smallest absolute Gasteiger partial charge is 0.253 e. The highest BCUT2D eigenvalue weighted by atomic mass is 79.9. The minimum absolute atomic E-state index is 0.0216. The molecular formula is C11H4BrF5N2. The Morgan fingerprint density at radius 2 is 1.53 bits per heavy atom. The van der Waals surface area contributed by atoms with Crippen LogP contribution in [0.4, 0.5) is 33.3 Å². The molecule has 0 aliphatic rings. The second kappa shape index (κ2) is 5.12. The van der Waals surface area contributed by atoms with E-state index in [0.29, 0.717) is 0 Å². The van der Waals surface area contributed by atoms with Crippen LogP contribution in [0.3, 0.4) is 0 Å². The summed E-state index contributed by atoms with van der Waals surface area (Å²) in [5.41, 5.74) is -1.00. The molecule has 1 aromatic carbocycles. The van der Waals surface area contributed by atoms with Crippen molar-refractivity contribution in [3.05, 3.63) is 52.0 Å². The molecule has 1 heterocycles. The number of benzene rings is 1. The molecule has 1 N–H and O–H groups in total. The first kappa shape index (κ1) is 13.7. The molecule has 0 fully saturated rings. The van der Waals surface area contributed by atoms with E-state index in [-0.39, 0.29) is 10.2 Å². The molecule has 0 amide bonds. The van der Waals surface area contributed by atoms with Gasteiger partial charge in [0.25, 0.3) is 11.9 Å². The summed E-state index contributed by atoms with van der Waals surface area (Å²) in [6, 6.07) is 3.32. The third kappa shape index (κ3) is 2.67. The molecule has 19 heavy (non-hydrogen) atoms. The number of hydrogen-bond acceptors (Lipinski definition) is 2. The Bertz CT molecular complexity index is 621. The quantitative estimate of drug-likeness (QED) is 0.653. The van der Waals surface area contributed by atoms with Gasteiger partial charge in [-0.15, -0.1) is 0 Å². The highest BCUT2D eigenvalue weighted by Crippen LogP contribution is 2.28. The predicted molar refractivity (Wildman–Crippen MR) is 61.5 cm³/mol. The first-order chi connectivity index (χ1) is 8.90. The predicted octanol–water partition coefficient (Wildman–Crippen LogP) is 4.28. The highest BCUT2D eigenvalue weighted by molar-refractivity contribution is 9.10. The van der Waals surface area contributed by atoms with Gasteiger partial charge in [0, 0.05) is 5.69 Å². The van der Waals surface area contributed by atoms with Gasteiger partial charge in [-0.2, -0.15) is 22.5 Å². The topological polar surface area (TPSA) is 24.9 Å². The van der Waals surface area contributed by atoms with Gasteiger partial charge in [0.2, 0.25) is 11.6 Å². The van der Waals surface area contributed by atoms with Gasteiger partial charge in [0.1, 0.15) is 11.5 Å². The number of aromatic nitrogens is 1. The van der Waals surface area contributed by atoms with Crippen molar-refractivity contribution in [2.24, 2.45) is 0 Å². The minimum Gasteiger partial charge on any atom is -0.350 e. The molecule has 0 aliphatic carbocycles. The minimum atomic E-state index is -1.78. The number of nitrogens with one attached hydrogen (secondary N) is 1. The summed E-state index contributed by atoms with van der Waals surface area (Å²) < 4.78 is 65.4. The molecular weight excluding hydrogens is 335 g/mol. The van der Waals surface area contributed by atoms with E-state index in [0.717, 1.165) is 18.2 Å². The van der Waals surface area contributed by atoms with Crippen LogP contribution in [0.25, 0.3) is 0 Å². The maximum atomic E-state index is 13.3. The van der Waals surface area contributed by atoms with Gasteiger partial charge in [0.15, 0.2) is 0 Å². The summed E-state index contributed by atoms with van der Waals surface area (Å²) in [5, 5.41) is 2.12. The lowest BCUT2D eigenvalue weighted by Gasteiger charge is -2.09. The molecule has 0 radical (unpaired) electrons. The SMILES string of the molecule is Fc1ccc(Nc2c(F)c(F)nc(F)c2F)cc1Br. The van der Waals surface area contributed by atoms with Crippen LogP contribution in [0, 0.1) is 29.3 Å². The zero-order chi connectivity index (χ0) is 14.2. The number of nitrogens with zero attached hydrogens (tertiary/aromatic N) is 1. The Kier molecular flexibility index (Phi) is 3.70. The van der Waals surface area contributed by atoms with E-state index in [2.05, 4.69) is 26.2 Å². The zero-order valence-electron chi connectivity index (χ0n) is 8.95. The summed E-state index contributed by atoms with van der Waals surface area (Å²) in [6.07, 6.45) is 0. The maximum absolute atomic E-state index is 13.3. The Morgan fingerprint density at radius 1 is 0.947 bits per heavy atom. The zero-order valence-corrected chi connectivity index (χ0v) is 10.5. The van der Waals surface area contributed by atoms with Crippen LogP contribution in [0.15, 0.2) is 22.7 Å². The Hall–Kier alpha value is -1.70. The van der Waals surface area contributed by atoms with Gasteiger partial charge in [0.05, 0.1) is 4.47 Å². The van der Waals surface area contributed by atoms with Crippen LogP contribution < -0.4 is 5.32 Å². The van der Waals surface area contributed by atoms with E-state index in [1.807, 2.05) is 0 Å². The molecule has 2 nitrogen and oxygen atoms in total. The Morgan fingerprint density at radius 3 is 2.05 bits per heavy atom. The van der Waals surface area contributed by atoms with Crippen molar-refractivity contribution in [3.8, 4) is 0 Å². The Labute approximate surface area is 112 Å². The molecule has 0 unspecified atom stereocenters. The van der Waals surface area contributed by atoms with Gasteiger partial charge < -0.3 is 5.32 Å². The van der Waals surface area contributed by atoms with Crippen LogP contribution in [0.2, 0.25) is 0 Å². The first-order valence-electron chi connectivity index (χ1n) is 4.82. The molecule has 0 bridgehead atoms. The molecule has 2 aromatic rings. The number of anilines is 2. The van der Waals surface area contributed by atoms with E-state index in [4.69, 9.17) is 0 Å². The number of pyridine rings is 1. The molecule has 0 saturated carbocycles. The van der Waals surface area contributed by atoms with Crippen molar-refractivity contribution in [2.45, 2.75) is 0 Å². The van der Waals surface area contributed by atoms with Crippen LogP contribution in [-0.2, 0) is 0 Å². The van der Waals surface area contributed by atoms with E-state index >= 15 is 0 Å². The number of rotatable bonds is 2. The van der Waals surface area contributed by atoms with Gasteiger partial charge in [-0.1, -0.05) is 0 Å². The molecule has 1 aromatic heterocycles. The molecule has 8 heteroatoms. The molecule has 0 aliphatic heterocycles. The van der Waals surface area contributed by atoms with Gasteiger partial charge in [-0.05, 0) is 34.1 Å². The highest BCUT2D eigenvalue weighted by Gasteiger charge is 2.20. The molecule has 0 atom stereocenters. The second-order valence-corrected chi connectivity index (χ2v) is 4.30. The van der Waals surface area contributed by atoms with Gasteiger partial charge in [-0.3, -0.25) is 0 Å². The van der Waals surface area contributed by atoms with Crippen molar-refractivity contribution in [2.75, 3.05) is 5.32 Å². The standard InChI is InChI=1S/C11H4BrF5N2/c12-5-3-4(1-2-6(5)13)18-9-7(14)10(16)19-11(17)8(9)15/h1-3H,(H,18,19). The lowest BCUT2D eigenvalue weighted by Crippen LogP contribution is -2.06. The summed E-state index contributed by atoms with van der Waals surface area (Å²) >= 11 is 2.86.